The topological polar surface area (TPSA) is 96.3 Å². The van der Waals surface area contributed by atoms with Crippen LogP contribution in [0.25, 0.3) is 5.76 Å². The highest BCUT2D eigenvalue weighted by atomic mass is 19.1. The Bertz CT molecular complexity index is 1280. The molecule has 0 saturated carbocycles. The summed E-state index contributed by atoms with van der Waals surface area (Å²) in [7, 11) is 2.91. The molecule has 3 aromatic rings. The lowest BCUT2D eigenvalue weighted by Crippen LogP contribution is -2.29. The number of aliphatic hydroxyl groups is 1. The van der Waals surface area contributed by atoms with Crippen LogP contribution in [0.1, 0.15) is 22.7 Å². The van der Waals surface area contributed by atoms with Crippen LogP contribution >= 0.6 is 0 Å². The number of carbonyl (C=O) groups excluding carboxylic acids is 2. The Hall–Kier alpha value is -4.33. The Morgan fingerprint density at radius 1 is 0.971 bits per heavy atom. The number of ketones is 1. The molecule has 1 heterocycles. The van der Waals surface area contributed by atoms with E-state index in [1.165, 1.54) is 61.6 Å². The van der Waals surface area contributed by atoms with E-state index in [0.29, 0.717) is 22.6 Å². The van der Waals surface area contributed by atoms with Crippen LogP contribution in [0.4, 0.5) is 4.39 Å². The number of benzene rings is 3. The zero-order valence-electron chi connectivity index (χ0n) is 18.5. The third-order valence-corrected chi connectivity index (χ3v) is 5.65. The molecule has 1 unspecified atom stereocenters. The third kappa shape index (κ3) is 4.17. The SMILES string of the molecule is COc1ccc(/C(O)=C2/C(=O)C(=O)N(Cc3ccc(F)cc3)C2c2cccc(O)c2)cc1OC. The molecular weight excluding hydrogens is 441 g/mol. The Labute approximate surface area is 195 Å². The fourth-order valence-electron chi connectivity index (χ4n) is 4.01. The zero-order chi connectivity index (χ0) is 24.4. The number of Topliss-reactive ketones (excluding diaryl/α,β-unsaturated/α-hetero) is 1. The smallest absolute Gasteiger partial charge is 0.295 e. The van der Waals surface area contributed by atoms with Gasteiger partial charge in [-0.05, 0) is 53.6 Å². The molecule has 1 aliphatic heterocycles. The number of nitrogens with zero attached hydrogens (tertiary/aromatic N) is 1. The van der Waals surface area contributed by atoms with Gasteiger partial charge in [-0.2, -0.15) is 0 Å². The molecule has 1 aliphatic rings. The number of ether oxygens (including phenoxy) is 2. The lowest BCUT2D eigenvalue weighted by atomic mass is 9.95. The molecule has 7 nitrogen and oxygen atoms in total. The summed E-state index contributed by atoms with van der Waals surface area (Å²) in [6.07, 6.45) is 0. The molecule has 0 bridgehead atoms. The molecule has 2 N–H and O–H groups in total. The van der Waals surface area contributed by atoms with Crippen molar-refractivity contribution < 1.29 is 33.7 Å². The van der Waals surface area contributed by atoms with Crippen molar-refractivity contribution in [2.24, 2.45) is 0 Å². The van der Waals surface area contributed by atoms with E-state index in [1.807, 2.05) is 0 Å². The van der Waals surface area contributed by atoms with Gasteiger partial charge in [0.1, 0.15) is 17.3 Å². The second kappa shape index (κ2) is 9.27. The standard InChI is InChI=1S/C26H22FNO6/c1-33-20-11-8-17(13-21(20)34-2)24(30)22-23(16-4-3-5-19(29)12-16)28(26(32)25(22)31)14-15-6-9-18(27)10-7-15/h3-13,23,29-30H,14H2,1-2H3/b24-22-. The number of phenolic OH excluding ortho intramolecular Hbond substituents is 1. The Morgan fingerprint density at radius 2 is 1.68 bits per heavy atom. The quantitative estimate of drug-likeness (QED) is 0.324. The number of carbonyl (C=O) groups is 2. The fraction of sp³-hybridized carbons (Fsp3) is 0.154. The van der Waals surface area contributed by atoms with E-state index in [0.717, 1.165) is 0 Å². The summed E-state index contributed by atoms with van der Waals surface area (Å²) < 4.78 is 23.9. The maximum atomic E-state index is 13.4. The molecule has 174 valence electrons. The first-order valence-corrected chi connectivity index (χ1v) is 10.4. The number of amides is 1. The van der Waals surface area contributed by atoms with Crippen molar-refractivity contribution in [2.45, 2.75) is 12.6 Å². The summed E-state index contributed by atoms with van der Waals surface area (Å²) in [5.74, 6) is -1.81. The van der Waals surface area contributed by atoms with Crippen LogP contribution in [0.2, 0.25) is 0 Å². The van der Waals surface area contributed by atoms with Gasteiger partial charge in [-0.3, -0.25) is 9.59 Å². The largest absolute Gasteiger partial charge is 0.508 e. The van der Waals surface area contributed by atoms with E-state index < -0.39 is 29.3 Å². The van der Waals surface area contributed by atoms with E-state index in [2.05, 4.69) is 0 Å². The molecule has 3 aromatic carbocycles. The van der Waals surface area contributed by atoms with Gasteiger partial charge in [-0.1, -0.05) is 24.3 Å². The van der Waals surface area contributed by atoms with Gasteiger partial charge in [0.2, 0.25) is 0 Å². The van der Waals surface area contributed by atoms with E-state index in [-0.39, 0.29) is 23.4 Å². The van der Waals surface area contributed by atoms with Crippen molar-refractivity contribution >= 4 is 17.4 Å². The average molecular weight is 463 g/mol. The number of hydrogen-bond donors (Lipinski definition) is 2. The van der Waals surface area contributed by atoms with Gasteiger partial charge in [0.15, 0.2) is 11.5 Å². The normalized spacial score (nSPS) is 17.1. The third-order valence-electron chi connectivity index (χ3n) is 5.65. The number of aromatic hydroxyl groups is 1. The molecule has 34 heavy (non-hydrogen) atoms. The average Bonchev–Trinajstić information content (AvgIpc) is 3.09. The van der Waals surface area contributed by atoms with Gasteiger partial charge in [0.05, 0.1) is 25.8 Å². The van der Waals surface area contributed by atoms with E-state index in [1.54, 1.807) is 24.3 Å². The summed E-state index contributed by atoms with van der Waals surface area (Å²) >= 11 is 0. The Kier molecular flexibility index (Phi) is 6.23. The number of halogens is 1. The van der Waals surface area contributed by atoms with Crippen LogP contribution in [-0.2, 0) is 16.1 Å². The van der Waals surface area contributed by atoms with Crippen molar-refractivity contribution in [1.82, 2.24) is 4.90 Å². The number of rotatable bonds is 6. The summed E-state index contributed by atoms with van der Waals surface area (Å²) in [4.78, 5) is 27.5. The first kappa shape index (κ1) is 22.8. The lowest BCUT2D eigenvalue weighted by molar-refractivity contribution is -0.140. The molecule has 1 fully saturated rings. The van der Waals surface area contributed by atoms with Gasteiger partial charge >= 0.3 is 0 Å². The first-order chi connectivity index (χ1) is 16.3. The monoisotopic (exact) mass is 463 g/mol. The molecule has 0 aromatic heterocycles. The van der Waals surface area contributed by atoms with Crippen molar-refractivity contribution in [3.63, 3.8) is 0 Å². The lowest BCUT2D eigenvalue weighted by Gasteiger charge is -2.25. The molecular formula is C26H22FNO6. The van der Waals surface area contributed by atoms with Gasteiger partial charge in [-0.25, -0.2) is 4.39 Å². The Morgan fingerprint density at radius 3 is 2.32 bits per heavy atom. The number of likely N-dealkylation sites (tertiary alicyclic amines) is 1. The number of phenols is 1. The maximum Gasteiger partial charge on any atom is 0.295 e. The number of methoxy groups -OCH3 is 2. The highest BCUT2D eigenvalue weighted by Gasteiger charge is 2.46. The van der Waals surface area contributed by atoms with Crippen molar-refractivity contribution in [3.05, 3.63) is 94.8 Å². The maximum absolute atomic E-state index is 13.4. The molecule has 1 atom stereocenters. The van der Waals surface area contributed by atoms with E-state index in [9.17, 15) is 24.2 Å². The predicted octanol–water partition coefficient (Wildman–Crippen LogP) is 4.17. The summed E-state index contributed by atoms with van der Waals surface area (Å²) in [5, 5.41) is 21.2. The minimum atomic E-state index is -0.981. The highest BCUT2D eigenvalue weighted by molar-refractivity contribution is 6.46. The minimum absolute atomic E-state index is 0.00606. The predicted molar refractivity (Wildman–Crippen MR) is 122 cm³/mol. The van der Waals surface area contributed by atoms with Gasteiger partial charge in [0.25, 0.3) is 11.7 Å². The van der Waals surface area contributed by atoms with E-state index >= 15 is 0 Å². The Balaban J connectivity index is 1.86. The zero-order valence-corrected chi connectivity index (χ0v) is 18.5. The van der Waals surface area contributed by atoms with Crippen LogP contribution in [0.5, 0.6) is 17.2 Å². The van der Waals surface area contributed by atoms with Gasteiger partial charge in [-0.15, -0.1) is 0 Å². The van der Waals surface area contributed by atoms with Gasteiger partial charge in [0, 0.05) is 12.1 Å². The molecule has 1 amide bonds. The summed E-state index contributed by atoms with van der Waals surface area (Å²) in [5.41, 5.74) is 1.15. The second-order valence-corrected chi connectivity index (χ2v) is 7.72. The van der Waals surface area contributed by atoms with Crippen molar-refractivity contribution in [2.75, 3.05) is 14.2 Å². The van der Waals surface area contributed by atoms with Crippen LogP contribution in [0.15, 0.2) is 72.3 Å². The molecule has 8 heteroatoms. The van der Waals surface area contributed by atoms with Crippen LogP contribution in [-0.4, -0.2) is 41.0 Å². The fourth-order valence-corrected chi connectivity index (χ4v) is 4.01. The molecule has 0 spiro atoms. The molecule has 4 rings (SSSR count). The molecule has 1 saturated heterocycles. The summed E-state index contributed by atoms with van der Waals surface area (Å²) in [6.45, 7) is -0.00606. The number of hydrogen-bond acceptors (Lipinski definition) is 6. The van der Waals surface area contributed by atoms with Crippen LogP contribution in [0, 0.1) is 5.82 Å². The molecule has 0 radical (unpaired) electrons. The van der Waals surface area contributed by atoms with Crippen molar-refractivity contribution in [3.8, 4) is 17.2 Å². The van der Waals surface area contributed by atoms with Crippen molar-refractivity contribution in [1.29, 1.82) is 0 Å². The second-order valence-electron chi connectivity index (χ2n) is 7.72. The molecule has 0 aliphatic carbocycles. The van der Waals surface area contributed by atoms with Gasteiger partial charge < -0.3 is 24.6 Å². The summed E-state index contributed by atoms with van der Waals surface area (Å²) in [6, 6.07) is 15.3. The van der Waals surface area contributed by atoms with E-state index in [4.69, 9.17) is 9.47 Å². The number of aliphatic hydroxyl groups excluding tert-OH is 1. The minimum Gasteiger partial charge on any atom is -0.508 e. The van der Waals surface area contributed by atoms with Crippen LogP contribution < -0.4 is 9.47 Å². The first-order valence-electron chi connectivity index (χ1n) is 10.4. The van der Waals surface area contributed by atoms with Crippen LogP contribution in [0.3, 0.4) is 0 Å². The highest BCUT2D eigenvalue weighted by Crippen LogP contribution is 2.42.